The van der Waals surface area contributed by atoms with Gasteiger partial charge in [0.1, 0.15) is 24.7 Å². The number of ether oxygens (including phenoxy) is 1. The smallest absolute Gasteiger partial charge is 0.244 e. The molecule has 0 unspecified atom stereocenters. The number of benzene rings is 2. The molecule has 2 aromatic rings. The largest absolute Gasteiger partial charge is 0.489 e. The Labute approximate surface area is 174 Å². The van der Waals surface area contributed by atoms with E-state index in [1.165, 1.54) is 12.1 Å². The Morgan fingerprint density at radius 1 is 1.03 bits per heavy atom. The molecule has 30 heavy (non-hydrogen) atoms. The highest BCUT2D eigenvalue weighted by Gasteiger charge is 2.48. The van der Waals surface area contributed by atoms with Crippen LogP contribution in [-0.2, 0) is 21.0 Å². The fourth-order valence-electron chi connectivity index (χ4n) is 4.19. The number of amides is 3. The molecule has 6 nitrogen and oxygen atoms in total. The lowest BCUT2D eigenvalue weighted by atomic mass is 9.81. The average molecular weight is 410 g/mol. The molecular weight excluding hydrogens is 387 g/mol. The first-order valence-electron chi connectivity index (χ1n) is 10.1. The molecular formula is C23H23FN2O4. The second kappa shape index (κ2) is 8.65. The van der Waals surface area contributed by atoms with Gasteiger partial charge >= 0.3 is 0 Å². The zero-order valence-corrected chi connectivity index (χ0v) is 16.5. The third-order valence-corrected chi connectivity index (χ3v) is 5.65. The maximum Gasteiger partial charge on any atom is 0.244 e. The summed E-state index contributed by atoms with van der Waals surface area (Å²) < 4.78 is 18.8. The average Bonchev–Trinajstić information content (AvgIpc) is 2.98. The second-order valence-electron chi connectivity index (χ2n) is 7.75. The van der Waals surface area contributed by atoms with Crippen molar-refractivity contribution in [2.24, 2.45) is 11.8 Å². The molecule has 156 valence electrons. The molecule has 1 saturated carbocycles. The third kappa shape index (κ3) is 4.35. The zero-order valence-electron chi connectivity index (χ0n) is 16.5. The molecule has 0 bridgehead atoms. The van der Waals surface area contributed by atoms with E-state index in [0.717, 1.165) is 36.1 Å². The molecule has 1 aliphatic heterocycles. The Morgan fingerprint density at radius 2 is 1.73 bits per heavy atom. The number of carbonyl (C=O) groups excluding carboxylic acids is 3. The first-order valence-corrected chi connectivity index (χ1v) is 10.1. The number of fused-ring (bicyclic) bond motifs is 1. The summed E-state index contributed by atoms with van der Waals surface area (Å²) in [5.41, 5.74) is 1.33. The van der Waals surface area contributed by atoms with Gasteiger partial charge in [-0.2, -0.15) is 0 Å². The number of hydrogen-bond donors (Lipinski definition) is 1. The predicted octanol–water partition coefficient (Wildman–Crippen LogP) is 3.52. The van der Waals surface area contributed by atoms with Crippen molar-refractivity contribution < 1.29 is 23.5 Å². The maximum atomic E-state index is 13.2. The van der Waals surface area contributed by atoms with Gasteiger partial charge in [0.05, 0.1) is 11.8 Å². The summed E-state index contributed by atoms with van der Waals surface area (Å²) in [4.78, 5) is 38.6. The zero-order chi connectivity index (χ0) is 21.1. The minimum Gasteiger partial charge on any atom is -0.489 e. The van der Waals surface area contributed by atoms with E-state index >= 15 is 0 Å². The quantitative estimate of drug-likeness (QED) is 0.740. The number of likely N-dealkylation sites (tertiary alicyclic amines) is 1. The molecule has 2 fully saturated rings. The van der Waals surface area contributed by atoms with E-state index in [0.29, 0.717) is 11.4 Å². The van der Waals surface area contributed by atoms with Crippen LogP contribution in [0.1, 0.15) is 31.2 Å². The molecule has 1 N–H and O–H groups in total. The van der Waals surface area contributed by atoms with E-state index in [9.17, 15) is 18.8 Å². The van der Waals surface area contributed by atoms with Gasteiger partial charge in [-0.1, -0.05) is 31.0 Å². The van der Waals surface area contributed by atoms with Crippen molar-refractivity contribution in [2.45, 2.75) is 32.3 Å². The highest BCUT2D eigenvalue weighted by Crippen LogP contribution is 2.37. The van der Waals surface area contributed by atoms with E-state index in [4.69, 9.17) is 4.74 Å². The molecule has 7 heteroatoms. The Morgan fingerprint density at radius 3 is 2.43 bits per heavy atom. The van der Waals surface area contributed by atoms with Crippen molar-refractivity contribution in [1.82, 2.24) is 4.90 Å². The minimum atomic E-state index is -0.418. The monoisotopic (exact) mass is 410 g/mol. The Hall–Kier alpha value is -3.22. The molecule has 1 heterocycles. The van der Waals surface area contributed by atoms with Crippen molar-refractivity contribution in [3.8, 4) is 5.75 Å². The Bertz CT molecular complexity index is 953. The number of hydrogen-bond acceptors (Lipinski definition) is 4. The van der Waals surface area contributed by atoms with Gasteiger partial charge in [-0.25, -0.2) is 4.39 Å². The Balaban J connectivity index is 1.35. The van der Waals surface area contributed by atoms with Crippen LogP contribution >= 0.6 is 0 Å². The lowest BCUT2D eigenvalue weighted by Crippen LogP contribution is -2.38. The van der Waals surface area contributed by atoms with E-state index in [1.807, 2.05) is 6.07 Å². The number of rotatable bonds is 6. The summed E-state index contributed by atoms with van der Waals surface area (Å²) in [7, 11) is 0. The first-order chi connectivity index (χ1) is 14.5. The number of anilines is 1. The van der Waals surface area contributed by atoms with Gasteiger partial charge in [0.15, 0.2) is 0 Å². The summed E-state index contributed by atoms with van der Waals surface area (Å²) in [5.74, 6) is -1.35. The van der Waals surface area contributed by atoms with Gasteiger partial charge in [-0.05, 0) is 42.7 Å². The fraction of sp³-hybridized carbons (Fsp3) is 0.348. The van der Waals surface area contributed by atoms with Crippen LogP contribution in [0.15, 0.2) is 48.5 Å². The van der Waals surface area contributed by atoms with E-state index < -0.39 is 5.91 Å². The van der Waals surface area contributed by atoms with Gasteiger partial charge < -0.3 is 10.1 Å². The lowest BCUT2D eigenvalue weighted by molar-refractivity contribution is -0.142. The first kappa shape index (κ1) is 20.1. The highest BCUT2D eigenvalue weighted by atomic mass is 19.1. The third-order valence-electron chi connectivity index (χ3n) is 5.65. The molecule has 0 aromatic heterocycles. The molecule has 3 amide bonds. The van der Waals surface area contributed by atoms with Gasteiger partial charge in [0.2, 0.25) is 17.7 Å². The van der Waals surface area contributed by atoms with Gasteiger partial charge in [-0.15, -0.1) is 0 Å². The Kier molecular flexibility index (Phi) is 5.79. The molecule has 0 radical (unpaired) electrons. The van der Waals surface area contributed by atoms with Gasteiger partial charge in [0, 0.05) is 11.8 Å². The van der Waals surface area contributed by atoms with E-state index in [-0.39, 0.29) is 42.6 Å². The normalized spacial score (nSPS) is 20.8. The van der Waals surface area contributed by atoms with Crippen LogP contribution in [0.25, 0.3) is 0 Å². The molecule has 1 aliphatic carbocycles. The summed E-state index contributed by atoms with van der Waals surface area (Å²) in [5, 5.41) is 2.74. The van der Waals surface area contributed by atoms with Crippen molar-refractivity contribution in [1.29, 1.82) is 0 Å². The van der Waals surface area contributed by atoms with Crippen molar-refractivity contribution in [2.75, 3.05) is 11.9 Å². The summed E-state index contributed by atoms with van der Waals surface area (Å²) in [6.07, 6.45) is 3.34. The summed E-state index contributed by atoms with van der Waals surface area (Å²) in [6.45, 7) is -0.0612. The standard InChI is InChI=1S/C23H23FN2O4/c24-16-6-4-8-18(12-16)30-14-15-5-3-7-17(11-15)25-21(27)13-26-22(28)19-9-1-2-10-20(19)23(26)29/h3-8,11-12,19-20H,1-2,9-10,13-14H2,(H,25,27)/t19-,20-/m1/s1. The van der Waals surface area contributed by atoms with Gasteiger partial charge in [0.25, 0.3) is 0 Å². The molecule has 0 spiro atoms. The molecule has 2 atom stereocenters. The number of halogens is 1. The lowest BCUT2D eigenvalue weighted by Gasteiger charge is -2.19. The molecule has 2 aliphatic rings. The van der Waals surface area contributed by atoms with Crippen LogP contribution in [0.4, 0.5) is 10.1 Å². The topological polar surface area (TPSA) is 75.7 Å². The maximum absolute atomic E-state index is 13.2. The van der Waals surface area contributed by atoms with Crippen molar-refractivity contribution >= 4 is 23.4 Å². The van der Waals surface area contributed by atoms with Crippen LogP contribution in [0, 0.1) is 17.7 Å². The van der Waals surface area contributed by atoms with Gasteiger partial charge in [-0.3, -0.25) is 19.3 Å². The van der Waals surface area contributed by atoms with Crippen LogP contribution in [0.3, 0.4) is 0 Å². The number of nitrogens with one attached hydrogen (secondary N) is 1. The molecule has 4 rings (SSSR count). The molecule has 2 aromatic carbocycles. The minimum absolute atomic E-state index is 0.208. The fourth-order valence-corrected chi connectivity index (χ4v) is 4.19. The van der Waals surface area contributed by atoms with E-state index in [2.05, 4.69) is 5.32 Å². The second-order valence-corrected chi connectivity index (χ2v) is 7.75. The highest BCUT2D eigenvalue weighted by molar-refractivity contribution is 6.08. The number of imide groups is 1. The number of nitrogens with zero attached hydrogens (tertiary/aromatic N) is 1. The van der Waals surface area contributed by atoms with Crippen molar-refractivity contribution in [3.63, 3.8) is 0 Å². The van der Waals surface area contributed by atoms with Crippen LogP contribution in [0.2, 0.25) is 0 Å². The molecule has 1 saturated heterocycles. The SMILES string of the molecule is O=C(CN1C(=O)[C@@H]2CCCC[C@H]2C1=O)Nc1cccc(COc2cccc(F)c2)c1. The van der Waals surface area contributed by atoms with Crippen molar-refractivity contribution in [3.05, 3.63) is 59.9 Å². The van der Waals surface area contributed by atoms with Crippen LogP contribution in [0.5, 0.6) is 5.75 Å². The number of carbonyl (C=O) groups is 3. The summed E-state index contributed by atoms with van der Waals surface area (Å²) >= 11 is 0. The van der Waals surface area contributed by atoms with E-state index in [1.54, 1.807) is 30.3 Å². The predicted molar refractivity (Wildman–Crippen MR) is 108 cm³/mol. The van der Waals surface area contributed by atoms with Crippen LogP contribution in [-0.4, -0.2) is 29.2 Å². The summed E-state index contributed by atoms with van der Waals surface area (Å²) in [6, 6.07) is 12.9. The van der Waals surface area contributed by atoms with Crippen LogP contribution < -0.4 is 10.1 Å².